The highest BCUT2D eigenvalue weighted by molar-refractivity contribution is 5.94. The fraction of sp³-hybridized carbons (Fsp3) is 0.111. The van der Waals surface area contributed by atoms with E-state index in [4.69, 9.17) is 15.9 Å². The van der Waals surface area contributed by atoms with Crippen molar-refractivity contribution in [2.75, 3.05) is 13.2 Å². The molecule has 0 aromatic heterocycles. The smallest absolute Gasteiger partial charge is 0.342 e. The standard InChI is InChI=1S/C18H15NO4/c1-2-12-19-17(20)13-22-18(21)15-10-6-7-11-16(15)23-14-8-4-3-5-9-14/h1,3-11H,12-13H2,(H,19,20). The second kappa shape index (κ2) is 8.25. The average molecular weight is 309 g/mol. The number of carbonyl (C=O) groups is 2. The Bertz CT molecular complexity index is 719. The van der Waals surface area contributed by atoms with Crippen LogP contribution in [-0.2, 0) is 9.53 Å². The maximum Gasteiger partial charge on any atom is 0.342 e. The van der Waals surface area contributed by atoms with E-state index >= 15 is 0 Å². The molecule has 5 heteroatoms. The van der Waals surface area contributed by atoms with Gasteiger partial charge in [-0.3, -0.25) is 4.79 Å². The molecule has 116 valence electrons. The van der Waals surface area contributed by atoms with E-state index in [9.17, 15) is 9.59 Å². The Kier molecular flexibility index (Phi) is 5.78. The lowest BCUT2D eigenvalue weighted by Crippen LogP contribution is -2.29. The largest absolute Gasteiger partial charge is 0.456 e. The molecule has 0 heterocycles. The fourth-order valence-corrected chi connectivity index (χ4v) is 1.75. The highest BCUT2D eigenvalue weighted by Crippen LogP contribution is 2.25. The van der Waals surface area contributed by atoms with Gasteiger partial charge >= 0.3 is 5.97 Å². The van der Waals surface area contributed by atoms with Gasteiger partial charge in [0.25, 0.3) is 5.91 Å². The summed E-state index contributed by atoms with van der Waals surface area (Å²) < 4.78 is 10.6. The third-order valence-corrected chi connectivity index (χ3v) is 2.80. The molecule has 5 nitrogen and oxygen atoms in total. The molecule has 0 unspecified atom stereocenters. The highest BCUT2D eigenvalue weighted by atomic mass is 16.5. The molecule has 0 saturated heterocycles. The molecule has 2 aromatic carbocycles. The molecular weight excluding hydrogens is 294 g/mol. The first-order valence-corrected chi connectivity index (χ1v) is 6.90. The molecule has 1 amide bonds. The molecule has 0 aliphatic heterocycles. The van der Waals surface area contributed by atoms with Crippen LogP contribution in [0.5, 0.6) is 11.5 Å². The molecule has 0 atom stereocenters. The lowest BCUT2D eigenvalue weighted by molar-refractivity contribution is -0.123. The van der Waals surface area contributed by atoms with E-state index in [2.05, 4.69) is 11.2 Å². The Morgan fingerprint density at radius 3 is 2.48 bits per heavy atom. The van der Waals surface area contributed by atoms with Crippen molar-refractivity contribution < 1.29 is 19.1 Å². The Hall–Kier alpha value is -3.26. The van der Waals surface area contributed by atoms with E-state index in [1.165, 1.54) is 0 Å². The van der Waals surface area contributed by atoms with Gasteiger partial charge in [-0.2, -0.15) is 0 Å². The second-order valence-corrected chi connectivity index (χ2v) is 4.47. The van der Waals surface area contributed by atoms with Crippen molar-refractivity contribution in [3.63, 3.8) is 0 Å². The number of hydrogen-bond acceptors (Lipinski definition) is 4. The topological polar surface area (TPSA) is 64.6 Å². The van der Waals surface area contributed by atoms with Crippen molar-refractivity contribution >= 4 is 11.9 Å². The third-order valence-electron chi connectivity index (χ3n) is 2.80. The van der Waals surface area contributed by atoms with Crippen LogP contribution in [0, 0.1) is 12.3 Å². The summed E-state index contributed by atoms with van der Waals surface area (Å²) in [5.74, 6) is 2.11. The van der Waals surface area contributed by atoms with Crippen LogP contribution in [0.2, 0.25) is 0 Å². The first-order chi connectivity index (χ1) is 11.2. The van der Waals surface area contributed by atoms with Crippen LogP contribution in [0.3, 0.4) is 0 Å². The normalized spacial score (nSPS) is 9.52. The number of amides is 1. The van der Waals surface area contributed by atoms with E-state index in [1.807, 2.05) is 18.2 Å². The van der Waals surface area contributed by atoms with Gasteiger partial charge in [0.2, 0.25) is 0 Å². The average Bonchev–Trinajstić information content (AvgIpc) is 2.59. The summed E-state index contributed by atoms with van der Waals surface area (Å²) in [7, 11) is 0. The number of carbonyl (C=O) groups excluding carboxylic acids is 2. The molecular formula is C18H15NO4. The lowest BCUT2D eigenvalue weighted by Gasteiger charge is -2.10. The Labute approximate surface area is 134 Å². The van der Waals surface area contributed by atoms with E-state index in [-0.39, 0.29) is 12.1 Å². The summed E-state index contributed by atoms with van der Waals surface area (Å²) in [6, 6.07) is 15.7. The van der Waals surface area contributed by atoms with Crippen LogP contribution in [0.15, 0.2) is 54.6 Å². The number of ether oxygens (including phenoxy) is 2. The molecule has 0 bridgehead atoms. The molecule has 2 aromatic rings. The van der Waals surface area contributed by atoms with Crippen molar-refractivity contribution in [2.45, 2.75) is 0 Å². The van der Waals surface area contributed by atoms with Crippen molar-refractivity contribution in [1.82, 2.24) is 5.32 Å². The van der Waals surface area contributed by atoms with Gasteiger partial charge in [-0.15, -0.1) is 6.42 Å². The summed E-state index contributed by atoms with van der Waals surface area (Å²) in [6.07, 6.45) is 5.03. The molecule has 0 aliphatic rings. The van der Waals surface area contributed by atoms with Gasteiger partial charge in [0.15, 0.2) is 6.61 Å². The summed E-state index contributed by atoms with van der Waals surface area (Å²) in [6.45, 7) is -0.315. The van der Waals surface area contributed by atoms with Crippen molar-refractivity contribution in [1.29, 1.82) is 0 Å². The number of para-hydroxylation sites is 2. The van der Waals surface area contributed by atoms with Crippen molar-refractivity contribution in [3.8, 4) is 23.8 Å². The Morgan fingerprint density at radius 1 is 1.04 bits per heavy atom. The number of terminal acetylenes is 1. The fourth-order valence-electron chi connectivity index (χ4n) is 1.75. The molecule has 23 heavy (non-hydrogen) atoms. The highest BCUT2D eigenvalue weighted by Gasteiger charge is 2.15. The minimum Gasteiger partial charge on any atom is -0.456 e. The zero-order chi connectivity index (χ0) is 16.5. The minimum absolute atomic E-state index is 0.0874. The predicted molar refractivity (Wildman–Crippen MR) is 85.1 cm³/mol. The zero-order valence-electron chi connectivity index (χ0n) is 12.3. The number of benzene rings is 2. The van der Waals surface area contributed by atoms with Gasteiger partial charge in [-0.25, -0.2) is 4.79 Å². The molecule has 2 rings (SSSR count). The quantitative estimate of drug-likeness (QED) is 0.657. The Balaban J connectivity index is 2.03. The van der Waals surface area contributed by atoms with Crippen LogP contribution in [0.4, 0.5) is 0 Å². The van der Waals surface area contributed by atoms with Crippen LogP contribution in [-0.4, -0.2) is 25.0 Å². The van der Waals surface area contributed by atoms with E-state index in [0.717, 1.165) is 0 Å². The molecule has 0 saturated carbocycles. The molecule has 0 radical (unpaired) electrons. The van der Waals surface area contributed by atoms with Gasteiger partial charge in [0.05, 0.1) is 6.54 Å². The van der Waals surface area contributed by atoms with Gasteiger partial charge in [-0.05, 0) is 24.3 Å². The first-order valence-electron chi connectivity index (χ1n) is 6.90. The minimum atomic E-state index is -0.646. The van der Waals surface area contributed by atoms with Crippen molar-refractivity contribution in [2.24, 2.45) is 0 Å². The van der Waals surface area contributed by atoms with Gasteiger partial charge in [-0.1, -0.05) is 36.3 Å². The number of esters is 1. The zero-order valence-corrected chi connectivity index (χ0v) is 12.3. The van der Waals surface area contributed by atoms with E-state index in [1.54, 1.807) is 36.4 Å². The second-order valence-electron chi connectivity index (χ2n) is 4.47. The Morgan fingerprint density at radius 2 is 1.74 bits per heavy atom. The predicted octanol–water partition coefficient (Wildman–Crippen LogP) is 2.39. The van der Waals surface area contributed by atoms with Crippen LogP contribution >= 0.6 is 0 Å². The third kappa shape index (κ3) is 4.90. The first kappa shape index (κ1) is 16.1. The number of nitrogens with one attached hydrogen (secondary N) is 1. The summed E-state index contributed by atoms with van der Waals surface area (Å²) in [4.78, 5) is 23.5. The lowest BCUT2D eigenvalue weighted by atomic mass is 10.2. The van der Waals surface area contributed by atoms with Crippen LogP contribution in [0.1, 0.15) is 10.4 Å². The van der Waals surface area contributed by atoms with Crippen molar-refractivity contribution in [3.05, 3.63) is 60.2 Å². The number of rotatable bonds is 6. The van der Waals surface area contributed by atoms with E-state index in [0.29, 0.717) is 11.5 Å². The van der Waals surface area contributed by atoms with Gasteiger partial charge in [0, 0.05) is 0 Å². The van der Waals surface area contributed by atoms with E-state index < -0.39 is 18.5 Å². The number of hydrogen-bond donors (Lipinski definition) is 1. The SMILES string of the molecule is C#CCNC(=O)COC(=O)c1ccccc1Oc1ccccc1. The maximum atomic E-state index is 12.1. The van der Waals surface area contributed by atoms with Crippen LogP contribution < -0.4 is 10.1 Å². The van der Waals surface area contributed by atoms with Gasteiger partial charge in [0.1, 0.15) is 17.1 Å². The van der Waals surface area contributed by atoms with Gasteiger partial charge < -0.3 is 14.8 Å². The summed E-state index contributed by atoms with van der Waals surface area (Å²) in [5, 5.41) is 2.41. The molecule has 1 N–H and O–H groups in total. The maximum absolute atomic E-state index is 12.1. The summed E-state index contributed by atoms with van der Waals surface area (Å²) >= 11 is 0. The van der Waals surface area contributed by atoms with Crippen LogP contribution in [0.25, 0.3) is 0 Å². The monoisotopic (exact) mass is 309 g/mol. The molecule has 0 aliphatic carbocycles. The molecule has 0 spiro atoms. The molecule has 0 fully saturated rings. The summed E-state index contributed by atoms with van der Waals surface area (Å²) in [5.41, 5.74) is 0.237.